The highest BCUT2D eigenvalue weighted by Gasteiger charge is 2.17. The van der Waals surface area contributed by atoms with Crippen molar-refractivity contribution < 1.29 is 0 Å². The number of hydrogen-bond acceptors (Lipinski definition) is 3. The van der Waals surface area contributed by atoms with Gasteiger partial charge in [0, 0.05) is 28.4 Å². The van der Waals surface area contributed by atoms with E-state index in [0.717, 1.165) is 27.8 Å². The first-order valence-corrected chi connectivity index (χ1v) is 8.06. The van der Waals surface area contributed by atoms with Gasteiger partial charge in [0.25, 0.3) is 0 Å². The molecule has 2 nitrogen and oxygen atoms in total. The molecule has 0 aliphatic heterocycles. The highest BCUT2D eigenvalue weighted by molar-refractivity contribution is 7.09. The Kier molecular flexibility index (Phi) is 4.84. The predicted octanol–water partition coefficient (Wildman–Crippen LogP) is 4.94. The van der Waals surface area contributed by atoms with Gasteiger partial charge in [0.2, 0.25) is 0 Å². The summed E-state index contributed by atoms with van der Waals surface area (Å²) >= 11 is 7.92. The fourth-order valence-corrected chi connectivity index (χ4v) is 3.18. The van der Waals surface area contributed by atoms with Crippen LogP contribution < -0.4 is 5.32 Å². The minimum Gasteiger partial charge on any atom is -0.304 e. The molecule has 1 atom stereocenters. The van der Waals surface area contributed by atoms with Gasteiger partial charge >= 0.3 is 0 Å². The number of benzene rings is 1. The number of aromatic nitrogens is 1. The van der Waals surface area contributed by atoms with Gasteiger partial charge in [0.15, 0.2) is 0 Å². The van der Waals surface area contributed by atoms with E-state index in [1.54, 1.807) is 11.3 Å². The Balaban J connectivity index is 1.99. The number of halogens is 1. The van der Waals surface area contributed by atoms with Crippen LogP contribution in [0.1, 0.15) is 50.0 Å². The van der Waals surface area contributed by atoms with Crippen molar-refractivity contribution in [1.29, 1.82) is 0 Å². The molecular weight excluding hydrogens is 288 g/mol. The average molecular weight is 309 g/mol. The molecule has 0 aliphatic rings. The molecule has 1 heterocycles. The lowest BCUT2D eigenvalue weighted by molar-refractivity contribution is 0.554. The Morgan fingerprint density at radius 3 is 2.60 bits per heavy atom. The smallest absolute Gasteiger partial charge is 0.107 e. The van der Waals surface area contributed by atoms with Crippen LogP contribution >= 0.6 is 22.9 Å². The molecule has 0 bridgehead atoms. The van der Waals surface area contributed by atoms with Gasteiger partial charge in [-0.15, -0.1) is 11.3 Å². The Labute approximate surface area is 130 Å². The molecule has 4 heteroatoms. The SMILES string of the molecule is CC(NCc1nc(C(C)(C)C)cs1)c1ccccc1Cl. The minimum absolute atomic E-state index is 0.114. The van der Waals surface area contributed by atoms with Gasteiger partial charge in [-0.05, 0) is 18.6 Å². The average Bonchev–Trinajstić information content (AvgIpc) is 2.85. The largest absolute Gasteiger partial charge is 0.304 e. The van der Waals surface area contributed by atoms with Gasteiger partial charge in [0.1, 0.15) is 5.01 Å². The van der Waals surface area contributed by atoms with Gasteiger partial charge < -0.3 is 5.32 Å². The van der Waals surface area contributed by atoms with Gasteiger partial charge in [0.05, 0.1) is 5.69 Å². The second-order valence-corrected chi connectivity index (χ2v) is 7.35. The summed E-state index contributed by atoms with van der Waals surface area (Å²) < 4.78 is 0. The fraction of sp³-hybridized carbons (Fsp3) is 0.438. The molecule has 1 aromatic carbocycles. The van der Waals surface area contributed by atoms with E-state index in [2.05, 4.69) is 44.5 Å². The quantitative estimate of drug-likeness (QED) is 0.865. The summed E-state index contributed by atoms with van der Waals surface area (Å²) in [5.74, 6) is 0. The maximum absolute atomic E-state index is 6.21. The molecule has 0 saturated heterocycles. The molecule has 1 aromatic heterocycles. The second-order valence-electron chi connectivity index (χ2n) is 6.00. The van der Waals surface area contributed by atoms with Crippen LogP contribution in [0.4, 0.5) is 0 Å². The Hall–Kier alpha value is -0.900. The molecule has 20 heavy (non-hydrogen) atoms. The number of nitrogens with zero attached hydrogens (tertiary/aromatic N) is 1. The number of hydrogen-bond donors (Lipinski definition) is 1. The van der Waals surface area contributed by atoms with Crippen molar-refractivity contribution in [3.8, 4) is 0 Å². The van der Waals surface area contributed by atoms with E-state index in [9.17, 15) is 0 Å². The first-order valence-electron chi connectivity index (χ1n) is 6.80. The standard InChI is InChI=1S/C16H21ClN2S/c1-11(12-7-5-6-8-13(12)17)18-9-15-19-14(10-20-15)16(2,3)4/h5-8,10-11,18H,9H2,1-4H3. The van der Waals surface area contributed by atoms with Crippen molar-refractivity contribution in [1.82, 2.24) is 10.3 Å². The van der Waals surface area contributed by atoms with Crippen molar-refractivity contribution in [2.24, 2.45) is 0 Å². The molecule has 1 N–H and O–H groups in total. The van der Waals surface area contributed by atoms with Crippen molar-refractivity contribution >= 4 is 22.9 Å². The third kappa shape index (κ3) is 3.81. The number of thiazole rings is 1. The maximum Gasteiger partial charge on any atom is 0.107 e. The van der Waals surface area contributed by atoms with Gasteiger partial charge in [-0.25, -0.2) is 4.98 Å². The third-order valence-corrected chi connectivity index (χ3v) is 4.44. The van der Waals surface area contributed by atoms with Crippen LogP contribution in [0.15, 0.2) is 29.6 Å². The first-order chi connectivity index (χ1) is 9.38. The van der Waals surface area contributed by atoms with Crippen molar-refractivity contribution in [3.63, 3.8) is 0 Å². The van der Waals surface area contributed by atoms with E-state index >= 15 is 0 Å². The summed E-state index contributed by atoms with van der Waals surface area (Å²) in [6.45, 7) is 9.45. The fourth-order valence-electron chi connectivity index (χ4n) is 1.91. The second kappa shape index (κ2) is 6.25. The molecule has 1 unspecified atom stereocenters. The van der Waals surface area contributed by atoms with Crippen LogP contribution in [0.25, 0.3) is 0 Å². The molecular formula is C16H21ClN2S. The number of nitrogens with one attached hydrogen (secondary N) is 1. The zero-order chi connectivity index (χ0) is 14.8. The molecule has 0 amide bonds. The lowest BCUT2D eigenvalue weighted by atomic mass is 9.93. The Bertz CT molecular complexity index is 572. The molecule has 0 radical (unpaired) electrons. The minimum atomic E-state index is 0.114. The number of rotatable bonds is 4. The first kappa shape index (κ1) is 15.5. The van der Waals surface area contributed by atoms with Crippen LogP contribution in [-0.2, 0) is 12.0 Å². The zero-order valence-corrected chi connectivity index (χ0v) is 14.0. The van der Waals surface area contributed by atoms with E-state index < -0.39 is 0 Å². The summed E-state index contributed by atoms with van der Waals surface area (Å²) in [7, 11) is 0. The van der Waals surface area contributed by atoms with Crippen LogP contribution in [0.5, 0.6) is 0 Å². The third-order valence-electron chi connectivity index (χ3n) is 3.25. The molecule has 2 rings (SSSR count). The van der Waals surface area contributed by atoms with E-state index in [1.165, 1.54) is 0 Å². The monoisotopic (exact) mass is 308 g/mol. The summed E-state index contributed by atoms with van der Waals surface area (Å²) in [6, 6.07) is 8.17. The van der Waals surface area contributed by atoms with Crippen molar-refractivity contribution in [3.05, 3.63) is 50.9 Å². The Morgan fingerprint density at radius 1 is 1.30 bits per heavy atom. The topological polar surface area (TPSA) is 24.9 Å². The molecule has 0 fully saturated rings. The normalized spacial score (nSPS) is 13.4. The van der Waals surface area contributed by atoms with Crippen LogP contribution in [0, 0.1) is 0 Å². The van der Waals surface area contributed by atoms with Crippen LogP contribution in [0.2, 0.25) is 5.02 Å². The molecule has 0 spiro atoms. The van der Waals surface area contributed by atoms with E-state index in [0.29, 0.717) is 0 Å². The van der Waals surface area contributed by atoms with Gasteiger partial charge in [-0.3, -0.25) is 0 Å². The summed E-state index contributed by atoms with van der Waals surface area (Å²) in [6.07, 6.45) is 0. The van der Waals surface area contributed by atoms with Gasteiger partial charge in [-0.2, -0.15) is 0 Å². The summed E-state index contributed by atoms with van der Waals surface area (Å²) in [4.78, 5) is 4.69. The van der Waals surface area contributed by atoms with E-state index in [4.69, 9.17) is 16.6 Å². The van der Waals surface area contributed by atoms with E-state index in [1.807, 2.05) is 18.2 Å². The highest BCUT2D eigenvalue weighted by Crippen LogP contribution is 2.25. The van der Waals surface area contributed by atoms with Crippen molar-refractivity contribution in [2.45, 2.75) is 45.7 Å². The zero-order valence-electron chi connectivity index (χ0n) is 12.4. The predicted molar refractivity (Wildman–Crippen MR) is 87.5 cm³/mol. The Morgan fingerprint density at radius 2 is 2.00 bits per heavy atom. The molecule has 0 saturated carbocycles. The lowest BCUT2D eigenvalue weighted by Gasteiger charge is -2.15. The molecule has 108 valence electrons. The summed E-state index contributed by atoms with van der Waals surface area (Å²) in [5, 5.41) is 7.56. The van der Waals surface area contributed by atoms with Gasteiger partial charge in [-0.1, -0.05) is 50.6 Å². The van der Waals surface area contributed by atoms with Crippen LogP contribution in [0.3, 0.4) is 0 Å². The van der Waals surface area contributed by atoms with Crippen LogP contribution in [-0.4, -0.2) is 4.98 Å². The summed E-state index contributed by atoms with van der Waals surface area (Å²) in [5.41, 5.74) is 2.40. The molecule has 0 aliphatic carbocycles. The van der Waals surface area contributed by atoms with Crippen molar-refractivity contribution in [2.75, 3.05) is 0 Å². The molecule has 2 aromatic rings. The lowest BCUT2D eigenvalue weighted by Crippen LogP contribution is -2.19. The maximum atomic E-state index is 6.21. The van der Waals surface area contributed by atoms with E-state index in [-0.39, 0.29) is 11.5 Å². The highest BCUT2D eigenvalue weighted by atomic mass is 35.5.